The second kappa shape index (κ2) is 6.49. The van der Waals surface area contributed by atoms with Gasteiger partial charge in [-0.15, -0.1) is 0 Å². The Bertz CT molecular complexity index is 819. The normalized spacial score (nSPS) is 18.3. The highest BCUT2D eigenvalue weighted by Crippen LogP contribution is 2.24. The van der Waals surface area contributed by atoms with Crippen molar-refractivity contribution in [1.82, 2.24) is 9.97 Å². The molecule has 1 unspecified atom stereocenters. The summed E-state index contributed by atoms with van der Waals surface area (Å²) in [5.41, 5.74) is 7.51. The Morgan fingerprint density at radius 2 is 1.92 bits per heavy atom. The van der Waals surface area contributed by atoms with Crippen LogP contribution in [0.25, 0.3) is 11.3 Å². The van der Waals surface area contributed by atoms with Gasteiger partial charge in [0.1, 0.15) is 5.82 Å². The summed E-state index contributed by atoms with van der Waals surface area (Å²) in [7, 11) is -3.26. The summed E-state index contributed by atoms with van der Waals surface area (Å²) in [6, 6.07) is 6.99. The van der Waals surface area contributed by atoms with E-state index in [1.807, 2.05) is 0 Å². The molecule has 0 radical (unpaired) electrons. The zero-order valence-electron chi connectivity index (χ0n) is 13.9. The first-order chi connectivity index (χ1) is 11.4. The summed E-state index contributed by atoms with van der Waals surface area (Å²) in [6.07, 6.45) is 4.37. The lowest BCUT2D eigenvalue weighted by molar-refractivity contribution is 0.587. The molecule has 128 valence electrons. The summed E-state index contributed by atoms with van der Waals surface area (Å²) in [5, 5.41) is -0.439. The number of aromatic nitrogens is 2. The monoisotopic (exact) mass is 346 g/mol. The fraction of sp³-hybridized carbons (Fsp3) is 0.412. The summed E-state index contributed by atoms with van der Waals surface area (Å²) < 4.78 is 24.4. The molecule has 2 N–H and O–H groups in total. The minimum absolute atomic E-state index is 0.177. The molecule has 1 saturated heterocycles. The number of nitrogens with zero attached hydrogens (tertiary/aromatic N) is 3. The van der Waals surface area contributed by atoms with Crippen LogP contribution >= 0.6 is 0 Å². The van der Waals surface area contributed by atoms with Gasteiger partial charge in [0, 0.05) is 24.7 Å². The lowest BCUT2D eigenvalue weighted by atomic mass is 10.2. The molecule has 0 aliphatic carbocycles. The first-order valence-electron chi connectivity index (χ1n) is 8.05. The van der Waals surface area contributed by atoms with E-state index in [2.05, 4.69) is 14.9 Å². The largest absolute Gasteiger partial charge is 0.354 e. The molecule has 0 saturated carbocycles. The second-order valence-corrected chi connectivity index (χ2v) is 8.88. The third-order valence-electron chi connectivity index (χ3n) is 4.27. The van der Waals surface area contributed by atoms with Crippen molar-refractivity contribution in [3.05, 3.63) is 36.7 Å². The molecule has 3 rings (SSSR count). The van der Waals surface area contributed by atoms with E-state index in [9.17, 15) is 8.42 Å². The zero-order chi connectivity index (χ0) is 17.3. The first kappa shape index (κ1) is 16.9. The van der Waals surface area contributed by atoms with Gasteiger partial charge in [0.15, 0.2) is 9.84 Å². The highest BCUT2D eigenvalue weighted by Gasteiger charge is 2.21. The SMILES string of the molecule is CC(C)S(=O)(=O)c1ccc(-c2cncc(N3CCC(N)C3)n2)cc1. The molecule has 2 heterocycles. The van der Waals surface area contributed by atoms with Crippen LogP contribution in [0.2, 0.25) is 0 Å². The predicted molar refractivity (Wildman–Crippen MR) is 94.6 cm³/mol. The molecule has 1 fully saturated rings. The van der Waals surface area contributed by atoms with Gasteiger partial charge in [-0.1, -0.05) is 12.1 Å². The van der Waals surface area contributed by atoms with Crippen LogP contribution in [-0.4, -0.2) is 42.8 Å². The first-order valence-corrected chi connectivity index (χ1v) is 9.59. The second-order valence-electron chi connectivity index (χ2n) is 6.38. The van der Waals surface area contributed by atoms with Crippen LogP contribution in [-0.2, 0) is 9.84 Å². The van der Waals surface area contributed by atoms with E-state index in [4.69, 9.17) is 5.73 Å². The molecule has 1 aliphatic heterocycles. The Balaban J connectivity index is 1.87. The van der Waals surface area contributed by atoms with Crippen LogP contribution in [0.1, 0.15) is 20.3 Å². The fourth-order valence-corrected chi connectivity index (χ4v) is 3.79. The third-order valence-corrected chi connectivity index (χ3v) is 6.44. The third kappa shape index (κ3) is 3.27. The molecular weight excluding hydrogens is 324 g/mol. The summed E-state index contributed by atoms with van der Waals surface area (Å²) in [5.74, 6) is 0.805. The van der Waals surface area contributed by atoms with Crippen LogP contribution < -0.4 is 10.6 Å². The van der Waals surface area contributed by atoms with Crippen molar-refractivity contribution >= 4 is 15.7 Å². The summed E-state index contributed by atoms with van der Waals surface area (Å²) in [6.45, 7) is 5.02. The van der Waals surface area contributed by atoms with Gasteiger partial charge >= 0.3 is 0 Å². The van der Waals surface area contributed by atoms with Gasteiger partial charge in [-0.25, -0.2) is 13.4 Å². The van der Waals surface area contributed by atoms with Crippen molar-refractivity contribution in [3.63, 3.8) is 0 Å². The smallest absolute Gasteiger partial charge is 0.180 e. The Kier molecular flexibility index (Phi) is 4.56. The van der Waals surface area contributed by atoms with Gasteiger partial charge < -0.3 is 10.6 Å². The van der Waals surface area contributed by atoms with Crippen molar-refractivity contribution in [2.24, 2.45) is 5.73 Å². The van der Waals surface area contributed by atoms with Crippen LogP contribution in [0.4, 0.5) is 5.82 Å². The van der Waals surface area contributed by atoms with Gasteiger partial charge in [0.25, 0.3) is 0 Å². The van der Waals surface area contributed by atoms with E-state index in [1.165, 1.54) is 0 Å². The van der Waals surface area contributed by atoms with Crippen LogP contribution in [0.3, 0.4) is 0 Å². The number of hydrogen-bond donors (Lipinski definition) is 1. The number of hydrogen-bond acceptors (Lipinski definition) is 6. The molecule has 7 heteroatoms. The molecule has 1 aromatic heterocycles. The van der Waals surface area contributed by atoms with E-state index in [0.29, 0.717) is 4.90 Å². The molecule has 2 aromatic rings. The van der Waals surface area contributed by atoms with Crippen molar-refractivity contribution in [2.75, 3.05) is 18.0 Å². The Morgan fingerprint density at radius 3 is 2.50 bits per heavy atom. The average molecular weight is 346 g/mol. The molecule has 1 atom stereocenters. The molecule has 6 nitrogen and oxygen atoms in total. The predicted octanol–water partition coefficient (Wildman–Crippen LogP) is 1.86. The highest BCUT2D eigenvalue weighted by molar-refractivity contribution is 7.92. The Hall–Kier alpha value is -1.99. The lowest BCUT2D eigenvalue weighted by Gasteiger charge is -2.17. The van der Waals surface area contributed by atoms with Crippen molar-refractivity contribution in [1.29, 1.82) is 0 Å². The fourth-order valence-electron chi connectivity index (χ4n) is 2.73. The summed E-state index contributed by atoms with van der Waals surface area (Å²) in [4.78, 5) is 11.4. The van der Waals surface area contributed by atoms with Crippen LogP contribution in [0.5, 0.6) is 0 Å². The Labute approximate surface area is 142 Å². The number of rotatable bonds is 4. The van der Waals surface area contributed by atoms with E-state index >= 15 is 0 Å². The number of benzene rings is 1. The molecule has 1 aromatic carbocycles. The lowest BCUT2D eigenvalue weighted by Crippen LogP contribution is -2.27. The van der Waals surface area contributed by atoms with Crippen LogP contribution in [0, 0.1) is 0 Å². The summed E-state index contributed by atoms with van der Waals surface area (Å²) >= 11 is 0. The van der Waals surface area contributed by atoms with E-state index in [1.54, 1.807) is 50.5 Å². The minimum Gasteiger partial charge on any atom is -0.354 e. The molecule has 0 spiro atoms. The maximum absolute atomic E-state index is 12.2. The van der Waals surface area contributed by atoms with Gasteiger partial charge in [0.05, 0.1) is 28.2 Å². The molecule has 24 heavy (non-hydrogen) atoms. The molecular formula is C17H22N4O2S. The number of nitrogens with two attached hydrogens (primary N) is 1. The zero-order valence-corrected chi connectivity index (χ0v) is 14.7. The maximum atomic E-state index is 12.2. The highest BCUT2D eigenvalue weighted by atomic mass is 32.2. The standard InChI is InChI=1S/C17H22N4O2S/c1-12(2)24(22,23)15-5-3-13(4-6-15)16-9-19-10-17(20-16)21-8-7-14(18)11-21/h3-6,9-10,12,14H,7-8,11,18H2,1-2H3. The topological polar surface area (TPSA) is 89.2 Å². The van der Waals surface area contributed by atoms with E-state index < -0.39 is 15.1 Å². The quantitative estimate of drug-likeness (QED) is 0.909. The molecule has 0 bridgehead atoms. The van der Waals surface area contributed by atoms with Crippen molar-refractivity contribution < 1.29 is 8.42 Å². The van der Waals surface area contributed by atoms with Gasteiger partial charge in [-0.2, -0.15) is 0 Å². The molecule has 0 amide bonds. The maximum Gasteiger partial charge on any atom is 0.180 e. The van der Waals surface area contributed by atoms with Crippen LogP contribution in [0.15, 0.2) is 41.6 Å². The van der Waals surface area contributed by atoms with E-state index in [0.717, 1.165) is 36.6 Å². The van der Waals surface area contributed by atoms with Gasteiger partial charge in [-0.05, 0) is 32.4 Å². The van der Waals surface area contributed by atoms with E-state index in [-0.39, 0.29) is 6.04 Å². The van der Waals surface area contributed by atoms with Crippen molar-refractivity contribution in [2.45, 2.75) is 36.5 Å². The Morgan fingerprint density at radius 1 is 1.21 bits per heavy atom. The number of anilines is 1. The van der Waals surface area contributed by atoms with Crippen molar-refractivity contribution in [3.8, 4) is 11.3 Å². The average Bonchev–Trinajstić information content (AvgIpc) is 3.01. The van der Waals surface area contributed by atoms with Gasteiger partial charge in [-0.3, -0.25) is 4.98 Å². The number of sulfone groups is 1. The molecule has 1 aliphatic rings. The van der Waals surface area contributed by atoms with Gasteiger partial charge in [0.2, 0.25) is 0 Å². The minimum atomic E-state index is -3.26.